The minimum absolute atomic E-state index is 0.676. The van der Waals surface area contributed by atoms with Gasteiger partial charge in [-0.2, -0.15) is 0 Å². The maximum atomic E-state index is 5.28. The van der Waals surface area contributed by atoms with Crippen molar-refractivity contribution >= 4 is 0 Å². The molecule has 1 aliphatic rings. The van der Waals surface area contributed by atoms with E-state index in [0.717, 1.165) is 52.2 Å². The molecule has 0 saturated carbocycles. The molecule has 1 saturated heterocycles. The minimum atomic E-state index is 0.676. The zero-order chi connectivity index (χ0) is 9.36. The lowest BCUT2D eigenvalue weighted by atomic mass is 10.1. The Labute approximate surface area is 80.8 Å². The Morgan fingerprint density at radius 1 is 1.38 bits per heavy atom. The molecule has 0 spiro atoms. The largest absolute Gasteiger partial charge is 0.382 e. The van der Waals surface area contributed by atoms with Crippen LogP contribution in [0.2, 0.25) is 0 Å². The maximum absolute atomic E-state index is 5.28. The molecule has 0 radical (unpaired) electrons. The SMILES string of the molecule is CCOCCCNC1CCOCC1. The predicted octanol–water partition coefficient (Wildman–Crippen LogP) is 1.18. The molecule has 0 aromatic rings. The number of rotatable bonds is 6. The summed E-state index contributed by atoms with van der Waals surface area (Å²) >= 11 is 0. The first kappa shape index (κ1) is 11.0. The molecular formula is C10H21NO2. The third kappa shape index (κ3) is 5.24. The van der Waals surface area contributed by atoms with Crippen molar-refractivity contribution in [2.24, 2.45) is 0 Å². The van der Waals surface area contributed by atoms with Crippen molar-refractivity contribution in [1.82, 2.24) is 5.32 Å². The van der Waals surface area contributed by atoms with Gasteiger partial charge in [0.25, 0.3) is 0 Å². The average Bonchev–Trinajstić information content (AvgIpc) is 2.19. The quantitative estimate of drug-likeness (QED) is 0.633. The first-order valence-corrected chi connectivity index (χ1v) is 5.32. The molecule has 1 rings (SSSR count). The fourth-order valence-electron chi connectivity index (χ4n) is 1.53. The molecule has 0 aromatic carbocycles. The van der Waals surface area contributed by atoms with Crippen LogP contribution < -0.4 is 5.32 Å². The van der Waals surface area contributed by atoms with Gasteiger partial charge in [0.1, 0.15) is 0 Å². The highest BCUT2D eigenvalue weighted by atomic mass is 16.5. The van der Waals surface area contributed by atoms with E-state index in [9.17, 15) is 0 Å². The first-order valence-electron chi connectivity index (χ1n) is 5.32. The molecule has 0 unspecified atom stereocenters. The van der Waals surface area contributed by atoms with Gasteiger partial charge >= 0.3 is 0 Å². The van der Waals surface area contributed by atoms with Crippen LogP contribution in [0.1, 0.15) is 26.2 Å². The van der Waals surface area contributed by atoms with Crippen molar-refractivity contribution in [2.45, 2.75) is 32.2 Å². The van der Waals surface area contributed by atoms with Crippen molar-refractivity contribution in [3.63, 3.8) is 0 Å². The molecular weight excluding hydrogens is 166 g/mol. The summed E-state index contributed by atoms with van der Waals surface area (Å²) in [7, 11) is 0. The van der Waals surface area contributed by atoms with Gasteiger partial charge in [-0.1, -0.05) is 0 Å². The van der Waals surface area contributed by atoms with E-state index < -0.39 is 0 Å². The monoisotopic (exact) mass is 187 g/mol. The van der Waals surface area contributed by atoms with Gasteiger partial charge in [0, 0.05) is 32.5 Å². The van der Waals surface area contributed by atoms with Crippen LogP contribution in [0.4, 0.5) is 0 Å². The molecule has 1 heterocycles. The summed E-state index contributed by atoms with van der Waals surface area (Å²) in [5, 5.41) is 3.52. The van der Waals surface area contributed by atoms with Gasteiger partial charge in [0.2, 0.25) is 0 Å². The Balaban J connectivity index is 1.86. The smallest absolute Gasteiger partial charge is 0.0480 e. The molecule has 1 fully saturated rings. The van der Waals surface area contributed by atoms with Crippen LogP contribution in [-0.2, 0) is 9.47 Å². The molecule has 3 nitrogen and oxygen atoms in total. The van der Waals surface area contributed by atoms with Crippen molar-refractivity contribution in [2.75, 3.05) is 33.0 Å². The van der Waals surface area contributed by atoms with Crippen LogP contribution in [0.3, 0.4) is 0 Å². The zero-order valence-corrected chi connectivity index (χ0v) is 8.55. The highest BCUT2D eigenvalue weighted by Gasteiger charge is 2.11. The van der Waals surface area contributed by atoms with Crippen LogP contribution in [0, 0.1) is 0 Å². The van der Waals surface area contributed by atoms with E-state index in [2.05, 4.69) is 5.32 Å². The van der Waals surface area contributed by atoms with Gasteiger partial charge < -0.3 is 14.8 Å². The Morgan fingerprint density at radius 2 is 2.15 bits per heavy atom. The van der Waals surface area contributed by atoms with E-state index in [0.29, 0.717) is 6.04 Å². The molecule has 3 heteroatoms. The van der Waals surface area contributed by atoms with Gasteiger partial charge in [-0.3, -0.25) is 0 Å². The van der Waals surface area contributed by atoms with E-state index in [-0.39, 0.29) is 0 Å². The summed E-state index contributed by atoms with van der Waals surface area (Å²) in [6.45, 7) is 6.66. The minimum Gasteiger partial charge on any atom is -0.382 e. The molecule has 0 atom stereocenters. The topological polar surface area (TPSA) is 30.5 Å². The van der Waals surface area contributed by atoms with Gasteiger partial charge in [-0.15, -0.1) is 0 Å². The lowest BCUT2D eigenvalue weighted by Crippen LogP contribution is -2.35. The van der Waals surface area contributed by atoms with Crippen molar-refractivity contribution in [3.8, 4) is 0 Å². The Kier molecular flexibility index (Phi) is 6.15. The number of nitrogens with one attached hydrogen (secondary N) is 1. The summed E-state index contributed by atoms with van der Waals surface area (Å²) in [6.07, 6.45) is 3.44. The van der Waals surface area contributed by atoms with Gasteiger partial charge in [-0.05, 0) is 32.7 Å². The number of hydrogen-bond acceptors (Lipinski definition) is 3. The summed E-state index contributed by atoms with van der Waals surface area (Å²) in [6, 6.07) is 0.676. The lowest BCUT2D eigenvalue weighted by Gasteiger charge is -2.23. The van der Waals surface area contributed by atoms with Gasteiger partial charge in [-0.25, -0.2) is 0 Å². The van der Waals surface area contributed by atoms with E-state index in [1.165, 1.54) is 0 Å². The molecule has 1 N–H and O–H groups in total. The van der Waals surface area contributed by atoms with Gasteiger partial charge in [0.05, 0.1) is 0 Å². The van der Waals surface area contributed by atoms with Gasteiger partial charge in [0.15, 0.2) is 0 Å². The van der Waals surface area contributed by atoms with Crippen molar-refractivity contribution in [3.05, 3.63) is 0 Å². The standard InChI is InChI=1S/C10H21NO2/c1-2-12-7-3-6-11-10-4-8-13-9-5-10/h10-11H,2-9H2,1H3. The molecule has 0 bridgehead atoms. The normalized spacial score (nSPS) is 19.2. The average molecular weight is 187 g/mol. The second kappa shape index (κ2) is 7.30. The predicted molar refractivity (Wildman–Crippen MR) is 53.0 cm³/mol. The summed E-state index contributed by atoms with van der Waals surface area (Å²) < 4.78 is 10.5. The highest BCUT2D eigenvalue weighted by molar-refractivity contribution is 4.69. The molecule has 13 heavy (non-hydrogen) atoms. The first-order chi connectivity index (χ1) is 6.43. The third-order valence-electron chi connectivity index (χ3n) is 2.32. The second-order valence-electron chi connectivity index (χ2n) is 3.39. The van der Waals surface area contributed by atoms with E-state index >= 15 is 0 Å². The molecule has 0 amide bonds. The Bertz CT molecular complexity index is 113. The highest BCUT2D eigenvalue weighted by Crippen LogP contribution is 2.05. The Hall–Kier alpha value is -0.120. The maximum Gasteiger partial charge on any atom is 0.0480 e. The summed E-state index contributed by atoms with van der Waals surface area (Å²) in [5.74, 6) is 0. The Morgan fingerprint density at radius 3 is 2.85 bits per heavy atom. The summed E-state index contributed by atoms with van der Waals surface area (Å²) in [4.78, 5) is 0. The molecule has 1 aliphatic heterocycles. The van der Waals surface area contributed by atoms with Crippen LogP contribution in [-0.4, -0.2) is 39.0 Å². The van der Waals surface area contributed by atoms with E-state index in [1.54, 1.807) is 0 Å². The zero-order valence-electron chi connectivity index (χ0n) is 8.55. The van der Waals surface area contributed by atoms with Crippen molar-refractivity contribution < 1.29 is 9.47 Å². The van der Waals surface area contributed by atoms with Crippen LogP contribution in [0.15, 0.2) is 0 Å². The van der Waals surface area contributed by atoms with Crippen LogP contribution in [0.25, 0.3) is 0 Å². The number of ether oxygens (including phenoxy) is 2. The third-order valence-corrected chi connectivity index (χ3v) is 2.32. The molecule has 0 aromatic heterocycles. The fourth-order valence-corrected chi connectivity index (χ4v) is 1.53. The van der Waals surface area contributed by atoms with Crippen molar-refractivity contribution in [1.29, 1.82) is 0 Å². The van der Waals surface area contributed by atoms with E-state index in [4.69, 9.17) is 9.47 Å². The lowest BCUT2D eigenvalue weighted by molar-refractivity contribution is 0.0767. The van der Waals surface area contributed by atoms with E-state index in [1.807, 2.05) is 6.92 Å². The molecule has 0 aliphatic carbocycles. The van der Waals surface area contributed by atoms with Crippen LogP contribution in [0.5, 0.6) is 0 Å². The number of hydrogen-bond donors (Lipinski definition) is 1. The summed E-state index contributed by atoms with van der Waals surface area (Å²) in [5.41, 5.74) is 0. The second-order valence-corrected chi connectivity index (χ2v) is 3.39. The van der Waals surface area contributed by atoms with Crippen LogP contribution >= 0.6 is 0 Å². The molecule has 78 valence electrons. The fraction of sp³-hybridized carbons (Fsp3) is 1.00.